The molecule has 2 saturated heterocycles. The summed E-state index contributed by atoms with van der Waals surface area (Å²) in [6.07, 6.45) is 5.67. The van der Waals surface area contributed by atoms with Crippen LogP contribution in [-0.4, -0.2) is 60.6 Å². The van der Waals surface area contributed by atoms with E-state index in [0.717, 1.165) is 36.1 Å². The quantitative estimate of drug-likeness (QED) is 0.697. The largest absolute Gasteiger partial charge is 0.356 e. The van der Waals surface area contributed by atoms with Crippen molar-refractivity contribution in [3.63, 3.8) is 0 Å². The normalized spacial score (nSPS) is 19.9. The summed E-state index contributed by atoms with van der Waals surface area (Å²) in [6.45, 7) is 5.81. The van der Waals surface area contributed by atoms with Crippen LogP contribution in [0.5, 0.6) is 0 Å². The minimum absolute atomic E-state index is 0.0679. The molecule has 2 fully saturated rings. The molecule has 2 aromatic rings. The van der Waals surface area contributed by atoms with Crippen molar-refractivity contribution in [2.24, 2.45) is 5.92 Å². The summed E-state index contributed by atoms with van der Waals surface area (Å²) in [4.78, 5) is 30.3. The molecule has 9 heteroatoms. The maximum atomic E-state index is 13.3. The van der Waals surface area contributed by atoms with Gasteiger partial charge in [0.25, 0.3) is 5.91 Å². The third-order valence-electron chi connectivity index (χ3n) is 6.56. The van der Waals surface area contributed by atoms with Gasteiger partial charge in [-0.3, -0.25) is 9.59 Å². The number of nitrogens with one attached hydrogen (secondary N) is 2. The number of likely N-dealkylation sites (tertiary alicyclic amines) is 1. The van der Waals surface area contributed by atoms with Gasteiger partial charge in [-0.25, -0.2) is 8.42 Å². The predicted octanol–water partition coefficient (Wildman–Crippen LogP) is 3.30. The average Bonchev–Trinajstić information content (AvgIpc) is 3.32. The Bertz CT molecular complexity index is 1140. The lowest BCUT2D eigenvalue weighted by Gasteiger charge is -2.31. The van der Waals surface area contributed by atoms with Gasteiger partial charge < -0.3 is 15.2 Å². The van der Waals surface area contributed by atoms with Gasteiger partial charge in [0.2, 0.25) is 15.9 Å². The van der Waals surface area contributed by atoms with Crippen LogP contribution in [-0.2, 0) is 14.8 Å². The van der Waals surface area contributed by atoms with Crippen LogP contribution >= 0.6 is 0 Å². The molecule has 178 valence electrons. The molecule has 8 nitrogen and oxygen atoms in total. The van der Waals surface area contributed by atoms with Crippen molar-refractivity contribution in [3.8, 4) is 0 Å². The van der Waals surface area contributed by atoms with Gasteiger partial charge in [0.05, 0.1) is 5.92 Å². The summed E-state index contributed by atoms with van der Waals surface area (Å²) in [5, 5.41) is 2.96. The molecule has 0 aliphatic carbocycles. The summed E-state index contributed by atoms with van der Waals surface area (Å²) < 4.78 is 27.9. The maximum Gasteiger partial charge on any atom is 0.270 e. The molecule has 0 saturated carbocycles. The van der Waals surface area contributed by atoms with Crippen LogP contribution < -0.4 is 5.32 Å². The number of piperidine rings is 2. The number of amides is 2. The van der Waals surface area contributed by atoms with Gasteiger partial charge in [-0.05, 0) is 63.6 Å². The number of aromatic amines is 1. The number of hydrogen-bond donors (Lipinski definition) is 2. The van der Waals surface area contributed by atoms with Crippen LogP contribution in [0.4, 0.5) is 5.69 Å². The smallest absolute Gasteiger partial charge is 0.270 e. The first kappa shape index (κ1) is 23.5. The number of hydrogen-bond acceptors (Lipinski definition) is 4. The standard InChI is InChI=1S/C24H32N4O4S/c1-17-8-9-21(18(2)13-17)26-23(29)19-7-6-12-28(16-19)33(31,32)20-14-22(25-15-20)24(30)27-10-4-3-5-11-27/h8-9,13-15,19,25H,3-7,10-12,16H2,1-2H3,(H,26,29). The van der Waals surface area contributed by atoms with E-state index in [1.165, 1.54) is 16.6 Å². The molecule has 1 aromatic carbocycles. The van der Waals surface area contributed by atoms with Crippen molar-refractivity contribution in [2.75, 3.05) is 31.5 Å². The van der Waals surface area contributed by atoms with Gasteiger partial charge in [-0.15, -0.1) is 0 Å². The van der Waals surface area contributed by atoms with Crippen LogP contribution in [0.15, 0.2) is 35.4 Å². The molecule has 0 bridgehead atoms. The molecular weight excluding hydrogens is 440 g/mol. The van der Waals surface area contributed by atoms with Gasteiger partial charge in [0.1, 0.15) is 10.6 Å². The first-order valence-electron chi connectivity index (χ1n) is 11.6. The Morgan fingerprint density at radius 3 is 2.52 bits per heavy atom. The maximum absolute atomic E-state index is 13.3. The zero-order chi connectivity index (χ0) is 23.6. The summed E-state index contributed by atoms with van der Waals surface area (Å²) >= 11 is 0. The lowest BCUT2D eigenvalue weighted by molar-refractivity contribution is -0.120. The van der Waals surface area contributed by atoms with Gasteiger partial charge in [0.15, 0.2) is 0 Å². The molecule has 2 aliphatic rings. The minimum Gasteiger partial charge on any atom is -0.356 e. The van der Waals surface area contributed by atoms with E-state index in [9.17, 15) is 18.0 Å². The Kier molecular flexibility index (Phi) is 6.90. The molecular formula is C24H32N4O4S. The Morgan fingerprint density at radius 1 is 1.03 bits per heavy atom. The van der Waals surface area contributed by atoms with Crippen molar-refractivity contribution in [1.82, 2.24) is 14.2 Å². The number of aryl methyl sites for hydroxylation is 2. The summed E-state index contributed by atoms with van der Waals surface area (Å²) in [5.74, 6) is -0.764. The highest BCUT2D eigenvalue weighted by atomic mass is 32.2. The number of benzene rings is 1. The van der Waals surface area contributed by atoms with E-state index < -0.39 is 15.9 Å². The van der Waals surface area contributed by atoms with Gasteiger partial charge in [-0.1, -0.05) is 17.7 Å². The van der Waals surface area contributed by atoms with E-state index in [0.29, 0.717) is 32.5 Å². The van der Waals surface area contributed by atoms with Crippen LogP contribution in [0.3, 0.4) is 0 Å². The molecule has 3 heterocycles. The Morgan fingerprint density at radius 2 is 1.79 bits per heavy atom. The molecule has 1 atom stereocenters. The first-order valence-corrected chi connectivity index (χ1v) is 13.1. The van der Waals surface area contributed by atoms with Crippen molar-refractivity contribution in [2.45, 2.75) is 50.8 Å². The fourth-order valence-electron chi connectivity index (χ4n) is 4.63. The second-order valence-electron chi connectivity index (χ2n) is 9.11. The third kappa shape index (κ3) is 5.14. The number of carbonyl (C=O) groups is 2. The fourth-order valence-corrected chi connectivity index (χ4v) is 6.15. The molecule has 0 radical (unpaired) electrons. The van der Waals surface area contributed by atoms with Crippen LogP contribution in [0.25, 0.3) is 0 Å². The SMILES string of the molecule is Cc1ccc(NC(=O)C2CCCN(S(=O)(=O)c3c[nH]c(C(=O)N4CCCCC4)c3)C2)c(C)c1. The van der Waals surface area contributed by atoms with Crippen LogP contribution in [0.2, 0.25) is 0 Å². The lowest BCUT2D eigenvalue weighted by Crippen LogP contribution is -2.43. The average molecular weight is 473 g/mol. The second-order valence-corrected chi connectivity index (χ2v) is 11.0. The van der Waals surface area contributed by atoms with E-state index in [1.807, 2.05) is 32.0 Å². The van der Waals surface area contributed by atoms with Crippen LogP contribution in [0, 0.1) is 19.8 Å². The van der Waals surface area contributed by atoms with Crippen LogP contribution in [0.1, 0.15) is 53.7 Å². The Labute approximate surface area is 195 Å². The molecule has 0 spiro atoms. The molecule has 2 N–H and O–H groups in total. The van der Waals surface area contributed by atoms with Crippen molar-refractivity contribution in [1.29, 1.82) is 0 Å². The minimum atomic E-state index is -3.81. The van der Waals surface area contributed by atoms with Crippen molar-refractivity contribution in [3.05, 3.63) is 47.3 Å². The van der Waals surface area contributed by atoms with Gasteiger partial charge in [0, 0.05) is 38.1 Å². The van der Waals surface area contributed by atoms with E-state index in [4.69, 9.17) is 0 Å². The molecule has 1 aromatic heterocycles. The fraction of sp³-hybridized carbons (Fsp3) is 0.500. The molecule has 33 heavy (non-hydrogen) atoms. The number of sulfonamides is 1. The zero-order valence-electron chi connectivity index (χ0n) is 19.3. The lowest BCUT2D eigenvalue weighted by atomic mass is 9.98. The highest BCUT2D eigenvalue weighted by Crippen LogP contribution is 2.26. The molecule has 2 aliphatic heterocycles. The number of nitrogens with zero attached hydrogens (tertiary/aromatic N) is 2. The summed E-state index contributed by atoms with van der Waals surface area (Å²) in [5.41, 5.74) is 3.13. The third-order valence-corrected chi connectivity index (χ3v) is 8.41. The number of aromatic nitrogens is 1. The van der Waals surface area contributed by atoms with Crippen molar-refractivity contribution >= 4 is 27.5 Å². The number of carbonyl (C=O) groups excluding carboxylic acids is 2. The summed E-state index contributed by atoms with van der Waals surface area (Å²) in [7, 11) is -3.81. The first-order chi connectivity index (χ1) is 15.8. The van der Waals surface area contributed by atoms with E-state index >= 15 is 0 Å². The molecule has 1 unspecified atom stereocenters. The highest BCUT2D eigenvalue weighted by molar-refractivity contribution is 7.89. The summed E-state index contributed by atoms with van der Waals surface area (Å²) in [6, 6.07) is 7.24. The molecule has 2 amide bonds. The Hall–Kier alpha value is -2.65. The van der Waals surface area contributed by atoms with Gasteiger partial charge in [-0.2, -0.15) is 4.31 Å². The number of rotatable bonds is 5. The second kappa shape index (κ2) is 9.69. The monoisotopic (exact) mass is 472 g/mol. The van der Waals surface area contributed by atoms with E-state index in [1.54, 1.807) is 4.90 Å². The number of H-pyrrole nitrogens is 1. The zero-order valence-corrected chi connectivity index (χ0v) is 20.1. The number of anilines is 1. The Balaban J connectivity index is 1.44. The topological polar surface area (TPSA) is 103 Å². The van der Waals surface area contributed by atoms with Gasteiger partial charge >= 0.3 is 0 Å². The van der Waals surface area contributed by atoms with E-state index in [2.05, 4.69) is 10.3 Å². The van der Waals surface area contributed by atoms with E-state index in [-0.39, 0.29) is 28.9 Å². The molecule has 4 rings (SSSR count). The predicted molar refractivity (Wildman–Crippen MR) is 127 cm³/mol. The van der Waals surface area contributed by atoms with Crippen molar-refractivity contribution < 1.29 is 18.0 Å². The highest BCUT2D eigenvalue weighted by Gasteiger charge is 2.34.